The molecule has 1 heterocycles. The average Bonchev–Trinajstić information content (AvgIpc) is 2.57. The van der Waals surface area contributed by atoms with Crippen LogP contribution in [0.5, 0.6) is 0 Å². The van der Waals surface area contributed by atoms with Crippen LogP contribution in [0.1, 0.15) is 12.6 Å². The van der Waals surface area contributed by atoms with Crippen LogP contribution >= 0.6 is 0 Å². The highest BCUT2D eigenvalue weighted by atomic mass is 16.5. The second kappa shape index (κ2) is 6.43. The third-order valence-corrected chi connectivity index (χ3v) is 2.13. The summed E-state index contributed by atoms with van der Waals surface area (Å²) >= 11 is 0. The lowest BCUT2D eigenvalue weighted by Gasteiger charge is -2.06. The summed E-state index contributed by atoms with van der Waals surface area (Å²) in [5, 5.41) is 3.33. The Bertz CT molecular complexity index is 304. The Kier molecular flexibility index (Phi) is 5.15. The molecule has 0 unspecified atom stereocenters. The van der Waals surface area contributed by atoms with Gasteiger partial charge in [0.15, 0.2) is 0 Å². The molecule has 1 rings (SSSR count). The summed E-state index contributed by atoms with van der Waals surface area (Å²) in [5.41, 5.74) is 2.35. The SMILES string of the molecule is C=C(C)COCCNCc1cccn1C. The Balaban J connectivity index is 2.03. The molecule has 0 aliphatic rings. The van der Waals surface area contributed by atoms with E-state index in [9.17, 15) is 0 Å². The van der Waals surface area contributed by atoms with Gasteiger partial charge in [-0.05, 0) is 19.1 Å². The molecule has 0 spiro atoms. The average molecular weight is 208 g/mol. The van der Waals surface area contributed by atoms with E-state index in [0.29, 0.717) is 6.61 Å². The van der Waals surface area contributed by atoms with Crippen molar-refractivity contribution in [3.05, 3.63) is 36.2 Å². The van der Waals surface area contributed by atoms with Crippen molar-refractivity contribution < 1.29 is 4.74 Å². The Morgan fingerprint density at radius 2 is 2.40 bits per heavy atom. The highest BCUT2D eigenvalue weighted by Gasteiger charge is 1.95. The molecule has 0 aliphatic carbocycles. The number of nitrogens with one attached hydrogen (secondary N) is 1. The number of hydrogen-bond donors (Lipinski definition) is 1. The molecule has 0 aliphatic heterocycles. The monoisotopic (exact) mass is 208 g/mol. The van der Waals surface area contributed by atoms with Crippen molar-refractivity contribution in [2.45, 2.75) is 13.5 Å². The molecule has 0 aromatic carbocycles. The van der Waals surface area contributed by atoms with Crippen molar-refractivity contribution in [2.75, 3.05) is 19.8 Å². The number of nitrogens with zero attached hydrogens (tertiary/aromatic N) is 1. The molecule has 15 heavy (non-hydrogen) atoms. The van der Waals surface area contributed by atoms with E-state index in [1.807, 2.05) is 6.92 Å². The maximum Gasteiger partial charge on any atom is 0.0672 e. The first kappa shape index (κ1) is 12.0. The summed E-state index contributed by atoms with van der Waals surface area (Å²) in [6.07, 6.45) is 2.05. The molecular weight excluding hydrogens is 188 g/mol. The zero-order valence-electron chi connectivity index (χ0n) is 9.62. The lowest BCUT2D eigenvalue weighted by Crippen LogP contribution is -2.20. The minimum atomic E-state index is 0.659. The van der Waals surface area contributed by atoms with E-state index in [-0.39, 0.29) is 0 Å². The van der Waals surface area contributed by atoms with Crippen LogP contribution < -0.4 is 5.32 Å². The fourth-order valence-electron chi connectivity index (χ4n) is 1.29. The van der Waals surface area contributed by atoms with E-state index in [1.54, 1.807) is 0 Å². The summed E-state index contributed by atoms with van der Waals surface area (Å²) in [6, 6.07) is 4.16. The molecule has 0 bridgehead atoms. The first-order valence-corrected chi connectivity index (χ1v) is 5.23. The Hall–Kier alpha value is -1.06. The molecule has 1 N–H and O–H groups in total. The van der Waals surface area contributed by atoms with Crippen molar-refractivity contribution in [2.24, 2.45) is 7.05 Å². The second-order valence-electron chi connectivity index (χ2n) is 3.80. The van der Waals surface area contributed by atoms with Gasteiger partial charge in [0.1, 0.15) is 0 Å². The van der Waals surface area contributed by atoms with E-state index in [2.05, 4.69) is 41.8 Å². The molecule has 1 aromatic heterocycles. The Labute approximate surface area is 91.7 Å². The predicted molar refractivity (Wildman–Crippen MR) is 62.8 cm³/mol. The first-order chi connectivity index (χ1) is 7.20. The lowest BCUT2D eigenvalue weighted by molar-refractivity contribution is 0.157. The predicted octanol–water partition coefficient (Wildman–Crippen LogP) is 1.71. The summed E-state index contributed by atoms with van der Waals surface area (Å²) in [6.45, 7) is 8.90. The molecule has 0 radical (unpaired) electrons. The smallest absolute Gasteiger partial charge is 0.0672 e. The highest BCUT2D eigenvalue weighted by Crippen LogP contribution is 1.97. The molecular formula is C12H20N2O. The van der Waals surface area contributed by atoms with E-state index in [4.69, 9.17) is 4.74 Å². The highest BCUT2D eigenvalue weighted by molar-refractivity contribution is 5.05. The van der Waals surface area contributed by atoms with Crippen LogP contribution in [0.2, 0.25) is 0 Å². The minimum absolute atomic E-state index is 0.659. The molecule has 3 heteroatoms. The normalized spacial score (nSPS) is 10.5. The van der Waals surface area contributed by atoms with Crippen molar-refractivity contribution >= 4 is 0 Å². The van der Waals surface area contributed by atoms with Crippen molar-refractivity contribution in [3.63, 3.8) is 0 Å². The van der Waals surface area contributed by atoms with Crippen LogP contribution in [0.4, 0.5) is 0 Å². The topological polar surface area (TPSA) is 26.2 Å². The molecule has 0 fully saturated rings. The van der Waals surface area contributed by atoms with Gasteiger partial charge in [0, 0.05) is 32.0 Å². The number of aryl methyl sites for hydroxylation is 1. The molecule has 0 atom stereocenters. The van der Waals surface area contributed by atoms with Gasteiger partial charge in [-0.1, -0.05) is 12.2 Å². The Morgan fingerprint density at radius 1 is 1.60 bits per heavy atom. The molecule has 0 saturated heterocycles. The van der Waals surface area contributed by atoms with Gasteiger partial charge in [-0.15, -0.1) is 0 Å². The molecule has 0 saturated carbocycles. The summed E-state index contributed by atoms with van der Waals surface area (Å²) in [4.78, 5) is 0. The fourth-order valence-corrected chi connectivity index (χ4v) is 1.29. The number of ether oxygens (including phenoxy) is 1. The van der Waals surface area contributed by atoms with Crippen LogP contribution in [0.3, 0.4) is 0 Å². The van der Waals surface area contributed by atoms with Crippen molar-refractivity contribution in [3.8, 4) is 0 Å². The number of rotatable bonds is 7. The zero-order chi connectivity index (χ0) is 11.1. The third-order valence-electron chi connectivity index (χ3n) is 2.13. The Morgan fingerprint density at radius 3 is 3.00 bits per heavy atom. The zero-order valence-corrected chi connectivity index (χ0v) is 9.62. The number of hydrogen-bond acceptors (Lipinski definition) is 2. The lowest BCUT2D eigenvalue weighted by atomic mass is 10.4. The van der Waals surface area contributed by atoms with Crippen LogP contribution in [0.25, 0.3) is 0 Å². The van der Waals surface area contributed by atoms with Crippen LogP contribution in [0, 0.1) is 0 Å². The van der Waals surface area contributed by atoms with Gasteiger partial charge in [0.2, 0.25) is 0 Å². The summed E-state index contributed by atoms with van der Waals surface area (Å²) in [5.74, 6) is 0. The van der Waals surface area contributed by atoms with Crippen molar-refractivity contribution in [1.29, 1.82) is 0 Å². The molecule has 3 nitrogen and oxygen atoms in total. The summed E-state index contributed by atoms with van der Waals surface area (Å²) < 4.78 is 7.49. The van der Waals surface area contributed by atoms with E-state index in [0.717, 1.165) is 25.3 Å². The standard InChI is InChI=1S/C12H20N2O/c1-11(2)10-15-8-6-13-9-12-5-4-7-14(12)3/h4-5,7,13H,1,6,8-10H2,2-3H3. The molecule has 1 aromatic rings. The van der Waals surface area contributed by atoms with E-state index < -0.39 is 0 Å². The van der Waals surface area contributed by atoms with Gasteiger partial charge in [-0.3, -0.25) is 0 Å². The van der Waals surface area contributed by atoms with Gasteiger partial charge in [0.05, 0.1) is 13.2 Å². The quantitative estimate of drug-likeness (QED) is 0.545. The first-order valence-electron chi connectivity index (χ1n) is 5.23. The van der Waals surface area contributed by atoms with Gasteiger partial charge < -0.3 is 14.6 Å². The van der Waals surface area contributed by atoms with Crippen molar-refractivity contribution in [1.82, 2.24) is 9.88 Å². The van der Waals surface area contributed by atoms with E-state index >= 15 is 0 Å². The number of aromatic nitrogens is 1. The fraction of sp³-hybridized carbons (Fsp3) is 0.500. The molecule has 0 amide bonds. The van der Waals surface area contributed by atoms with Gasteiger partial charge in [0.25, 0.3) is 0 Å². The maximum atomic E-state index is 5.38. The van der Waals surface area contributed by atoms with E-state index in [1.165, 1.54) is 5.69 Å². The van der Waals surface area contributed by atoms with Gasteiger partial charge >= 0.3 is 0 Å². The third kappa shape index (κ3) is 4.81. The second-order valence-corrected chi connectivity index (χ2v) is 3.80. The maximum absolute atomic E-state index is 5.38. The van der Waals surface area contributed by atoms with Gasteiger partial charge in [-0.2, -0.15) is 0 Å². The largest absolute Gasteiger partial charge is 0.376 e. The van der Waals surface area contributed by atoms with Crippen LogP contribution in [-0.4, -0.2) is 24.3 Å². The van der Waals surface area contributed by atoms with Gasteiger partial charge in [-0.25, -0.2) is 0 Å². The van der Waals surface area contributed by atoms with Crippen LogP contribution in [-0.2, 0) is 18.3 Å². The minimum Gasteiger partial charge on any atom is -0.376 e. The summed E-state index contributed by atoms with van der Waals surface area (Å²) in [7, 11) is 2.05. The molecule has 84 valence electrons. The van der Waals surface area contributed by atoms with Crippen LogP contribution in [0.15, 0.2) is 30.5 Å².